The van der Waals surface area contributed by atoms with E-state index in [-0.39, 0.29) is 11.9 Å². The molecule has 1 aliphatic heterocycles. The van der Waals surface area contributed by atoms with Crippen LogP contribution in [0.15, 0.2) is 89.8 Å². The number of nitrogens with zero attached hydrogens (tertiary/aromatic N) is 4. The summed E-state index contributed by atoms with van der Waals surface area (Å²) < 4.78 is 0. The van der Waals surface area contributed by atoms with E-state index in [0.717, 1.165) is 66.9 Å². The number of nitrogens with two attached hydrogens (primary N) is 1. The Hall–Kier alpha value is -5.24. The maximum atomic E-state index is 13.9. The van der Waals surface area contributed by atoms with Gasteiger partial charge in [-0.05, 0) is 60.7 Å². The molecule has 1 aliphatic rings. The van der Waals surface area contributed by atoms with E-state index in [1.54, 1.807) is 12.3 Å². The lowest BCUT2D eigenvalue weighted by Gasteiger charge is -2.17. The molecule has 6 rings (SSSR count). The number of allylic oxidation sites excluding steroid dienone is 1. The van der Waals surface area contributed by atoms with Crippen LogP contribution < -0.4 is 16.0 Å². The van der Waals surface area contributed by atoms with Gasteiger partial charge in [0, 0.05) is 41.7 Å². The Labute approximate surface area is 238 Å². The zero-order valence-electron chi connectivity index (χ0n) is 23.5. The molecule has 204 valence electrons. The highest BCUT2D eigenvalue weighted by molar-refractivity contribution is 6.16. The highest BCUT2D eigenvalue weighted by Crippen LogP contribution is 2.40. The average Bonchev–Trinajstić information content (AvgIpc) is 3.56. The maximum absolute atomic E-state index is 13.9. The minimum atomic E-state index is 0.00848. The van der Waals surface area contributed by atoms with Crippen molar-refractivity contribution in [1.29, 1.82) is 0 Å². The molecule has 4 N–H and O–H groups in total. The van der Waals surface area contributed by atoms with Gasteiger partial charge in [-0.3, -0.25) is 4.79 Å². The Morgan fingerprint density at radius 1 is 1.05 bits per heavy atom. The summed E-state index contributed by atoms with van der Waals surface area (Å²) in [5, 5.41) is 3.98. The van der Waals surface area contributed by atoms with Gasteiger partial charge in [-0.2, -0.15) is 4.99 Å². The predicted molar refractivity (Wildman–Crippen MR) is 165 cm³/mol. The minimum Gasteiger partial charge on any atom is -0.392 e. The lowest BCUT2D eigenvalue weighted by atomic mass is 9.94. The molecular formula is C33H31N7O. The SMILES string of the molecule is CN/C(C)=C\C(N)=N/c1ncc(C)c(-c2c[nH]c3c(N4Cc5c(-c6ccccc6)ccc(C)c5C4=O)cccc23)n1. The van der Waals surface area contributed by atoms with Crippen molar-refractivity contribution in [3.05, 3.63) is 107 Å². The molecule has 0 radical (unpaired) electrons. The summed E-state index contributed by atoms with van der Waals surface area (Å²) in [7, 11) is 1.82. The number of anilines is 1. The fourth-order valence-corrected chi connectivity index (χ4v) is 5.43. The van der Waals surface area contributed by atoms with Crippen LogP contribution in [-0.2, 0) is 6.54 Å². The maximum Gasteiger partial charge on any atom is 0.259 e. The van der Waals surface area contributed by atoms with Crippen molar-refractivity contribution in [1.82, 2.24) is 20.3 Å². The Kier molecular flexibility index (Phi) is 6.59. The van der Waals surface area contributed by atoms with Gasteiger partial charge >= 0.3 is 0 Å². The number of benzene rings is 3. The molecule has 0 fully saturated rings. The number of fused-ring (bicyclic) bond motifs is 2. The zero-order valence-corrected chi connectivity index (χ0v) is 23.5. The zero-order chi connectivity index (χ0) is 28.7. The van der Waals surface area contributed by atoms with Gasteiger partial charge in [-0.15, -0.1) is 0 Å². The highest BCUT2D eigenvalue weighted by atomic mass is 16.2. The van der Waals surface area contributed by atoms with Gasteiger partial charge in [-0.1, -0.05) is 54.6 Å². The number of aryl methyl sites for hydroxylation is 2. The van der Waals surface area contributed by atoms with Crippen molar-refractivity contribution in [2.75, 3.05) is 11.9 Å². The minimum absolute atomic E-state index is 0.00848. The van der Waals surface area contributed by atoms with Gasteiger partial charge in [0.1, 0.15) is 5.84 Å². The van der Waals surface area contributed by atoms with Gasteiger partial charge in [0.25, 0.3) is 11.9 Å². The second-order valence-electron chi connectivity index (χ2n) is 10.3. The van der Waals surface area contributed by atoms with E-state index >= 15 is 0 Å². The van der Waals surface area contributed by atoms with E-state index in [0.29, 0.717) is 12.4 Å². The third-order valence-corrected chi connectivity index (χ3v) is 7.57. The Morgan fingerprint density at radius 2 is 1.85 bits per heavy atom. The van der Waals surface area contributed by atoms with E-state index in [1.165, 1.54) is 0 Å². The monoisotopic (exact) mass is 541 g/mol. The fraction of sp³-hybridized carbons (Fsp3) is 0.152. The summed E-state index contributed by atoms with van der Waals surface area (Å²) in [5.74, 6) is 0.599. The van der Waals surface area contributed by atoms with E-state index in [2.05, 4.69) is 38.5 Å². The van der Waals surface area contributed by atoms with Crippen LogP contribution in [-0.4, -0.2) is 33.7 Å². The highest BCUT2D eigenvalue weighted by Gasteiger charge is 2.33. The third-order valence-electron chi connectivity index (χ3n) is 7.57. The van der Waals surface area contributed by atoms with Crippen LogP contribution >= 0.6 is 0 Å². The molecule has 5 aromatic rings. The predicted octanol–water partition coefficient (Wildman–Crippen LogP) is 6.18. The van der Waals surface area contributed by atoms with E-state index < -0.39 is 0 Å². The number of aromatic amines is 1. The van der Waals surface area contributed by atoms with Crippen molar-refractivity contribution in [3.63, 3.8) is 0 Å². The van der Waals surface area contributed by atoms with Gasteiger partial charge in [0.05, 0.1) is 23.4 Å². The summed E-state index contributed by atoms with van der Waals surface area (Å²) in [5.41, 5.74) is 16.2. The molecule has 0 aliphatic carbocycles. The molecule has 8 nitrogen and oxygen atoms in total. The number of para-hydroxylation sites is 1. The molecule has 0 saturated heterocycles. The van der Waals surface area contributed by atoms with Crippen LogP contribution in [0.1, 0.15) is 34.0 Å². The summed E-state index contributed by atoms with van der Waals surface area (Å²) in [6.07, 6.45) is 5.41. The van der Waals surface area contributed by atoms with Crippen molar-refractivity contribution in [2.45, 2.75) is 27.3 Å². The number of amidine groups is 1. The van der Waals surface area contributed by atoms with E-state index in [1.807, 2.05) is 81.4 Å². The van der Waals surface area contributed by atoms with Crippen LogP contribution in [0.4, 0.5) is 11.6 Å². The number of amides is 1. The number of aromatic nitrogens is 3. The Bertz CT molecular complexity index is 1870. The Balaban J connectivity index is 1.41. The van der Waals surface area contributed by atoms with Crippen molar-refractivity contribution < 1.29 is 4.79 Å². The van der Waals surface area contributed by atoms with E-state index in [9.17, 15) is 4.79 Å². The number of hydrogen-bond donors (Lipinski definition) is 3. The molecule has 3 heterocycles. The standard InChI is InChI=1S/C33H31N7O/c1-19-13-14-23(22-9-6-5-7-10-22)26-18-40(32(41)29(19)26)27-12-8-11-24-25(17-36-31(24)27)30-20(2)16-37-33(39-30)38-28(34)15-21(3)35-4/h5-17,35-36H,18H2,1-4H3,(H2,34,37,38,39)/b21-15-. The Morgan fingerprint density at radius 3 is 2.63 bits per heavy atom. The number of H-pyrrole nitrogens is 1. The number of carbonyl (C=O) groups is 1. The second kappa shape index (κ2) is 10.4. The van der Waals surface area contributed by atoms with Crippen molar-refractivity contribution in [2.24, 2.45) is 10.7 Å². The van der Waals surface area contributed by atoms with Crippen molar-refractivity contribution >= 4 is 34.3 Å². The first-order valence-electron chi connectivity index (χ1n) is 13.5. The molecule has 0 bridgehead atoms. The molecule has 0 unspecified atom stereocenters. The lowest BCUT2D eigenvalue weighted by Crippen LogP contribution is -2.23. The molecule has 3 aromatic carbocycles. The summed E-state index contributed by atoms with van der Waals surface area (Å²) in [4.78, 5) is 32.7. The summed E-state index contributed by atoms with van der Waals surface area (Å²) >= 11 is 0. The first-order chi connectivity index (χ1) is 19.9. The first-order valence-corrected chi connectivity index (χ1v) is 13.5. The average molecular weight is 542 g/mol. The second-order valence-corrected chi connectivity index (χ2v) is 10.3. The van der Waals surface area contributed by atoms with E-state index in [4.69, 9.17) is 10.7 Å². The number of rotatable bonds is 6. The van der Waals surface area contributed by atoms with Gasteiger partial charge in [-0.25, -0.2) is 9.97 Å². The molecule has 2 aromatic heterocycles. The topological polar surface area (TPSA) is 112 Å². The quantitative estimate of drug-likeness (QED) is 0.176. The normalized spacial score (nSPS) is 13.7. The summed E-state index contributed by atoms with van der Waals surface area (Å²) in [6, 6.07) is 20.4. The first kappa shape index (κ1) is 26.0. The number of nitrogens with one attached hydrogen (secondary N) is 2. The number of carbonyl (C=O) groups excluding carboxylic acids is 1. The molecular weight excluding hydrogens is 510 g/mol. The van der Waals surface area contributed by atoms with Crippen LogP contribution in [0, 0.1) is 13.8 Å². The van der Waals surface area contributed by atoms with Gasteiger partial charge in [0.2, 0.25) is 0 Å². The summed E-state index contributed by atoms with van der Waals surface area (Å²) in [6.45, 7) is 6.37. The third kappa shape index (κ3) is 4.63. The molecule has 0 atom stereocenters. The van der Waals surface area contributed by atoms with Crippen LogP contribution in [0.3, 0.4) is 0 Å². The largest absolute Gasteiger partial charge is 0.392 e. The van der Waals surface area contributed by atoms with Gasteiger partial charge in [0.15, 0.2) is 0 Å². The van der Waals surface area contributed by atoms with Crippen molar-refractivity contribution in [3.8, 4) is 22.4 Å². The number of aliphatic imine (C=N–C) groups is 1. The lowest BCUT2D eigenvalue weighted by molar-refractivity contribution is 0.0996. The number of hydrogen-bond acceptors (Lipinski definition) is 5. The molecule has 0 saturated carbocycles. The molecule has 8 heteroatoms. The molecule has 0 spiro atoms. The smallest absolute Gasteiger partial charge is 0.259 e. The van der Waals surface area contributed by atoms with Gasteiger partial charge < -0.3 is 20.9 Å². The van der Waals surface area contributed by atoms with Crippen LogP contribution in [0.2, 0.25) is 0 Å². The molecule has 41 heavy (non-hydrogen) atoms. The fourth-order valence-electron chi connectivity index (χ4n) is 5.43. The van der Waals surface area contributed by atoms with Crippen LogP contribution in [0.5, 0.6) is 0 Å². The molecule has 1 amide bonds. The van der Waals surface area contributed by atoms with Crippen LogP contribution in [0.25, 0.3) is 33.3 Å².